The molecule has 0 atom stereocenters. The third kappa shape index (κ3) is 4.81. The second kappa shape index (κ2) is 9.65. The Kier molecular flexibility index (Phi) is 6.51. The third-order valence-electron chi connectivity index (χ3n) is 5.01. The molecule has 1 amide bonds. The predicted octanol–water partition coefficient (Wildman–Crippen LogP) is 4.69. The molecule has 2 heterocycles. The number of hydrogen-bond acceptors (Lipinski definition) is 6. The van der Waals surface area contributed by atoms with Gasteiger partial charge in [0.25, 0.3) is 0 Å². The molecule has 4 aromatic rings. The number of nitrogens with zero attached hydrogens (tertiary/aromatic N) is 4. The summed E-state index contributed by atoms with van der Waals surface area (Å²) in [6, 6.07) is 17.3. The van der Waals surface area contributed by atoms with Crippen molar-refractivity contribution in [2.75, 3.05) is 18.2 Å². The summed E-state index contributed by atoms with van der Waals surface area (Å²) in [5.41, 5.74) is 4.81. The van der Waals surface area contributed by atoms with Gasteiger partial charge in [0, 0.05) is 29.3 Å². The molecule has 8 heteroatoms. The number of aryl methyl sites for hydroxylation is 2. The van der Waals surface area contributed by atoms with Crippen LogP contribution in [-0.4, -0.2) is 38.5 Å². The summed E-state index contributed by atoms with van der Waals surface area (Å²) in [7, 11) is 1.63. The lowest BCUT2D eigenvalue weighted by Gasteiger charge is -2.11. The number of carbonyl (C=O) groups is 1. The maximum absolute atomic E-state index is 12.6. The van der Waals surface area contributed by atoms with E-state index in [1.54, 1.807) is 19.5 Å². The smallest absolute Gasteiger partial charge is 0.234 e. The molecular formula is C24H23N5O2S. The van der Waals surface area contributed by atoms with E-state index in [9.17, 15) is 4.79 Å². The Balaban J connectivity index is 1.58. The third-order valence-corrected chi connectivity index (χ3v) is 5.94. The van der Waals surface area contributed by atoms with Crippen LogP contribution in [0.5, 0.6) is 5.75 Å². The van der Waals surface area contributed by atoms with Gasteiger partial charge >= 0.3 is 0 Å². The Morgan fingerprint density at radius 2 is 1.88 bits per heavy atom. The molecule has 32 heavy (non-hydrogen) atoms. The average molecular weight is 446 g/mol. The fraction of sp³-hybridized carbons (Fsp3) is 0.167. The largest absolute Gasteiger partial charge is 0.497 e. The van der Waals surface area contributed by atoms with Gasteiger partial charge in [-0.1, -0.05) is 17.8 Å². The molecule has 2 aromatic heterocycles. The van der Waals surface area contributed by atoms with E-state index in [0.29, 0.717) is 11.0 Å². The second-order valence-corrected chi connectivity index (χ2v) is 8.16. The molecule has 7 nitrogen and oxygen atoms in total. The van der Waals surface area contributed by atoms with Gasteiger partial charge in [-0.3, -0.25) is 14.3 Å². The number of amides is 1. The molecule has 0 saturated heterocycles. The number of thioether (sulfide) groups is 1. The number of rotatable bonds is 7. The van der Waals surface area contributed by atoms with Crippen molar-refractivity contribution >= 4 is 23.4 Å². The number of ether oxygens (including phenoxy) is 1. The molecule has 0 spiro atoms. The molecule has 0 bridgehead atoms. The highest BCUT2D eigenvalue weighted by atomic mass is 32.2. The highest BCUT2D eigenvalue weighted by molar-refractivity contribution is 7.99. The van der Waals surface area contributed by atoms with Crippen molar-refractivity contribution in [2.45, 2.75) is 19.0 Å². The van der Waals surface area contributed by atoms with Crippen molar-refractivity contribution in [3.05, 3.63) is 78.1 Å². The van der Waals surface area contributed by atoms with Gasteiger partial charge < -0.3 is 10.1 Å². The van der Waals surface area contributed by atoms with E-state index in [4.69, 9.17) is 4.74 Å². The van der Waals surface area contributed by atoms with Crippen LogP contribution in [0.15, 0.2) is 72.1 Å². The summed E-state index contributed by atoms with van der Waals surface area (Å²) in [5, 5.41) is 12.3. The molecule has 0 fully saturated rings. The van der Waals surface area contributed by atoms with Gasteiger partial charge in [-0.15, -0.1) is 10.2 Å². The monoisotopic (exact) mass is 445 g/mol. The molecule has 0 saturated carbocycles. The van der Waals surface area contributed by atoms with E-state index in [0.717, 1.165) is 28.3 Å². The van der Waals surface area contributed by atoms with E-state index >= 15 is 0 Å². The van der Waals surface area contributed by atoms with Gasteiger partial charge in [-0.2, -0.15) is 0 Å². The first-order chi connectivity index (χ1) is 15.5. The van der Waals surface area contributed by atoms with Crippen LogP contribution in [0, 0.1) is 13.8 Å². The summed E-state index contributed by atoms with van der Waals surface area (Å²) < 4.78 is 7.20. The van der Waals surface area contributed by atoms with Gasteiger partial charge in [0.1, 0.15) is 5.75 Å². The molecule has 0 radical (unpaired) electrons. The molecule has 0 aliphatic heterocycles. The van der Waals surface area contributed by atoms with E-state index in [2.05, 4.69) is 20.5 Å². The summed E-state index contributed by atoms with van der Waals surface area (Å²) in [4.78, 5) is 16.8. The lowest BCUT2D eigenvalue weighted by Crippen LogP contribution is -2.14. The molecule has 0 aliphatic carbocycles. The van der Waals surface area contributed by atoms with Gasteiger partial charge in [-0.05, 0) is 73.5 Å². The first kappa shape index (κ1) is 21.6. The Morgan fingerprint density at radius 1 is 1.06 bits per heavy atom. The second-order valence-electron chi connectivity index (χ2n) is 7.22. The quantitative estimate of drug-likeness (QED) is 0.416. The van der Waals surface area contributed by atoms with Gasteiger partial charge in [0.05, 0.1) is 12.9 Å². The van der Waals surface area contributed by atoms with E-state index in [1.165, 1.54) is 17.3 Å². The Bertz CT molecular complexity index is 1220. The summed E-state index contributed by atoms with van der Waals surface area (Å²) in [6.07, 6.45) is 3.45. The Hall–Kier alpha value is -3.65. The van der Waals surface area contributed by atoms with Crippen LogP contribution >= 0.6 is 11.8 Å². The lowest BCUT2D eigenvalue weighted by molar-refractivity contribution is -0.113. The zero-order valence-corrected chi connectivity index (χ0v) is 18.9. The van der Waals surface area contributed by atoms with Gasteiger partial charge in [-0.25, -0.2) is 0 Å². The van der Waals surface area contributed by atoms with Crippen LogP contribution in [0.25, 0.3) is 17.1 Å². The zero-order chi connectivity index (χ0) is 22.5. The van der Waals surface area contributed by atoms with E-state index in [-0.39, 0.29) is 11.7 Å². The van der Waals surface area contributed by atoms with Crippen LogP contribution in [0.1, 0.15) is 11.1 Å². The molecule has 0 unspecified atom stereocenters. The number of aromatic nitrogens is 4. The number of anilines is 1. The van der Waals surface area contributed by atoms with Crippen molar-refractivity contribution in [2.24, 2.45) is 0 Å². The topological polar surface area (TPSA) is 81.9 Å². The van der Waals surface area contributed by atoms with E-state index in [1.807, 2.05) is 73.0 Å². The standard InChI is InChI=1S/C24H23N5O2S/c1-16-6-7-19(13-17(16)2)26-22(30)15-32-24-28-27-23(18-5-4-12-25-14-18)29(24)20-8-10-21(31-3)11-9-20/h4-14H,15H2,1-3H3,(H,26,30). The minimum atomic E-state index is -0.106. The fourth-order valence-electron chi connectivity index (χ4n) is 3.16. The average Bonchev–Trinajstić information content (AvgIpc) is 3.25. The fourth-order valence-corrected chi connectivity index (χ4v) is 3.91. The van der Waals surface area contributed by atoms with Crippen LogP contribution in [0.4, 0.5) is 5.69 Å². The SMILES string of the molecule is COc1ccc(-n2c(SCC(=O)Nc3ccc(C)c(C)c3)nnc2-c2cccnc2)cc1. The van der Waals surface area contributed by atoms with Crippen molar-refractivity contribution in [3.63, 3.8) is 0 Å². The number of pyridine rings is 1. The number of hydrogen-bond donors (Lipinski definition) is 1. The van der Waals surface area contributed by atoms with Crippen molar-refractivity contribution < 1.29 is 9.53 Å². The lowest BCUT2D eigenvalue weighted by atomic mass is 10.1. The summed E-state index contributed by atoms with van der Waals surface area (Å²) in [5.74, 6) is 1.51. The normalized spacial score (nSPS) is 10.7. The van der Waals surface area contributed by atoms with E-state index < -0.39 is 0 Å². The number of carbonyl (C=O) groups excluding carboxylic acids is 1. The van der Waals surface area contributed by atoms with Crippen LogP contribution < -0.4 is 10.1 Å². The molecule has 2 aromatic carbocycles. The zero-order valence-electron chi connectivity index (χ0n) is 18.1. The van der Waals surface area contributed by atoms with Crippen LogP contribution in [0.2, 0.25) is 0 Å². The Labute approximate surface area is 190 Å². The Morgan fingerprint density at radius 3 is 2.56 bits per heavy atom. The molecule has 1 N–H and O–H groups in total. The summed E-state index contributed by atoms with van der Waals surface area (Å²) in [6.45, 7) is 4.07. The molecular weight excluding hydrogens is 422 g/mol. The first-order valence-corrected chi connectivity index (χ1v) is 11.0. The van der Waals surface area contributed by atoms with Crippen molar-refractivity contribution in [1.29, 1.82) is 0 Å². The first-order valence-electron chi connectivity index (χ1n) is 10.1. The maximum Gasteiger partial charge on any atom is 0.234 e. The van der Waals surface area contributed by atoms with Crippen molar-refractivity contribution in [1.82, 2.24) is 19.7 Å². The predicted molar refractivity (Wildman–Crippen MR) is 126 cm³/mol. The van der Waals surface area contributed by atoms with Gasteiger partial charge in [0.15, 0.2) is 11.0 Å². The summed E-state index contributed by atoms with van der Waals surface area (Å²) >= 11 is 1.33. The maximum atomic E-state index is 12.6. The molecule has 4 rings (SSSR count). The minimum absolute atomic E-state index is 0.106. The van der Waals surface area contributed by atoms with Crippen LogP contribution in [-0.2, 0) is 4.79 Å². The highest BCUT2D eigenvalue weighted by Gasteiger charge is 2.17. The highest BCUT2D eigenvalue weighted by Crippen LogP contribution is 2.28. The van der Waals surface area contributed by atoms with Gasteiger partial charge in [0.2, 0.25) is 5.91 Å². The minimum Gasteiger partial charge on any atom is -0.497 e. The number of nitrogens with one attached hydrogen (secondary N) is 1. The molecule has 162 valence electrons. The van der Waals surface area contributed by atoms with Crippen LogP contribution in [0.3, 0.4) is 0 Å². The molecule has 0 aliphatic rings. The number of benzene rings is 2. The number of methoxy groups -OCH3 is 1. The van der Waals surface area contributed by atoms with Crippen molar-refractivity contribution in [3.8, 4) is 22.8 Å².